The lowest BCUT2D eigenvalue weighted by atomic mass is 10.0. The number of carbonyl (C=O) groups excluding carboxylic acids is 1. The minimum absolute atomic E-state index is 0.306. The first-order valence-electron chi connectivity index (χ1n) is 9.15. The molecule has 0 fully saturated rings. The molecule has 0 saturated carbocycles. The second kappa shape index (κ2) is 10.1. The average molecular weight is 403 g/mol. The second-order valence-electron chi connectivity index (χ2n) is 5.74. The van der Waals surface area contributed by atoms with Gasteiger partial charge in [-0.1, -0.05) is 44.2 Å². The number of carbonyl (C=O) groups is 1. The minimum atomic E-state index is -0.882. The van der Waals surface area contributed by atoms with Crippen LogP contribution in [0.15, 0.2) is 42.5 Å². The lowest BCUT2D eigenvalue weighted by molar-refractivity contribution is 0.0530. The van der Waals surface area contributed by atoms with Gasteiger partial charge in [0.25, 0.3) is 0 Å². The van der Waals surface area contributed by atoms with Crippen LogP contribution in [0.2, 0.25) is 0 Å². The summed E-state index contributed by atoms with van der Waals surface area (Å²) in [6, 6.07) is 11.3. The molecule has 6 heteroatoms. The van der Waals surface area contributed by atoms with E-state index >= 15 is 0 Å². The predicted octanol–water partition coefficient (Wildman–Crippen LogP) is 6.19. The Morgan fingerprint density at radius 3 is 2.46 bits per heavy atom. The van der Waals surface area contributed by atoms with Crippen LogP contribution in [0.5, 0.6) is 0 Å². The van der Waals surface area contributed by atoms with Gasteiger partial charge in [0.15, 0.2) is 11.6 Å². The van der Waals surface area contributed by atoms with Crippen LogP contribution < -0.4 is 0 Å². The average Bonchev–Trinajstić information content (AvgIpc) is 3.06. The van der Waals surface area contributed by atoms with E-state index in [0.29, 0.717) is 29.2 Å². The molecule has 0 N–H and O–H groups in total. The fourth-order valence-corrected chi connectivity index (χ4v) is 3.51. The molecule has 148 valence electrons. The van der Waals surface area contributed by atoms with Crippen molar-refractivity contribution >= 4 is 17.3 Å². The standard InChI is InChI=1S/C20H17F2NO2S.C2H6/c1-3-25-20(24)19-18(23-12(2)26-19)10-13-5-4-6-14(9-13)15-7-8-16(21)17(22)11-15;1-2/h4-9,11H,3,10H2,1-2H3;1-2H3. The van der Waals surface area contributed by atoms with Crippen molar-refractivity contribution in [2.45, 2.75) is 34.1 Å². The molecule has 0 unspecified atom stereocenters. The van der Waals surface area contributed by atoms with E-state index in [1.807, 2.05) is 45.0 Å². The predicted molar refractivity (Wildman–Crippen MR) is 109 cm³/mol. The Balaban J connectivity index is 0.00000136. The highest BCUT2D eigenvalue weighted by atomic mass is 32.1. The SMILES string of the molecule is CC.CCOC(=O)c1sc(C)nc1Cc1cccc(-c2ccc(F)c(F)c2)c1. The number of thiazole rings is 1. The molecule has 28 heavy (non-hydrogen) atoms. The number of benzene rings is 2. The van der Waals surface area contributed by atoms with E-state index in [2.05, 4.69) is 4.98 Å². The number of aromatic nitrogens is 1. The quantitative estimate of drug-likeness (QED) is 0.477. The van der Waals surface area contributed by atoms with Gasteiger partial charge in [0, 0.05) is 6.42 Å². The van der Waals surface area contributed by atoms with Crippen molar-refractivity contribution in [2.24, 2.45) is 0 Å². The Hall–Kier alpha value is -2.60. The van der Waals surface area contributed by atoms with E-state index in [1.54, 1.807) is 6.92 Å². The molecule has 3 nitrogen and oxygen atoms in total. The summed E-state index contributed by atoms with van der Waals surface area (Å²) in [4.78, 5) is 17.0. The first-order valence-corrected chi connectivity index (χ1v) is 9.97. The van der Waals surface area contributed by atoms with Crippen LogP contribution in [0.3, 0.4) is 0 Å². The van der Waals surface area contributed by atoms with Crippen LogP contribution in [0.25, 0.3) is 11.1 Å². The number of ether oxygens (including phenoxy) is 1. The van der Waals surface area contributed by atoms with Crippen molar-refractivity contribution in [3.63, 3.8) is 0 Å². The molecular weight excluding hydrogens is 380 g/mol. The normalized spacial score (nSPS) is 10.2. The topological polar surface area (TPSA) is 39.2 Å². The van der Waals surface area contributed by atoms with E-state index in [-0.39, 0.29) is 5.97 Å². The maximum Gasteiger partial charge on any atom is 0.350 e. The fourth-order valence-electron chi connectivity index (χ4n) is 2.68. The van der Waals surface area contributed by atoms with Gasteiger partial charge in [-0.2, -0.15) is 0 Å². The number of hydrogen-bond acceptors (Lipinski definition) is 4. The molecule has 0 aliphatic carbocycles. The summed E-state index contributed by atoms with van der Waals surface area (Å²) in [5.41, 5.74) is 2.94. The number of hydrogen-bond donors (Lipinski definition) is 0. The zero-order valence-electron chi connectivity index (χ0n) is 16.4. The number of rotatable bonds is 5. The van der Waals surface area contributed by atoms with Crippen LogP contribution in [0.4, 0.5) is 8.78 Å². The fraction of sp³-hybridized carbons (Fsp3) is 0.273. The van der Waals surface area contributed by atoms with Crippen LogP contribution in [0, 0.1) is 18.6 Å². The van der Waals surface area contributed by atoms with Crippen LogP contribution in [0.1, 0.15) is 46.7 Å². The van der Waals surface area contributed by atoms with Gasteiger partial charge >= 0.3 is 5.97 Å². The summed E-state index contributed by atoms with van der Waals surface area (Å²) >= 11 is 1.31. The molecule has 0 aliphatic rings. The third-order valence-electron chi connectivity index (χ3n) is 3.82. The van der Waals surface area contributed by atoms with Crippen molar-refractivity contribution < 1.29 is 18.3 Å². The molecule has 0 amide bonds. The van der Waals surface area contributed by atoms with E-state index < -0.39 is 11.6 Å². The smallest absolute Gasteiger partial charge is 0.350 e. The summed E-state index contributed by atoms with van der Waals surface area (Å²) in [5, 5.41) is 0.791. The molecule has 0 saturated heterocycles. The third kappa shape index (κ3) is 5.23. The molecule has 1 aromatic heterocycles. The Labute approximate surface area is 168 Å². The van der Waals surface area contributed by atoms with Crippen LogP contribution in [-0.2, 0) is 11.2 Å². The third-order valence-corrected chi connectivity index (χ3v) is 4.81. The van der Waals surface area contributed by atoms with Crippen molar-refractivity contribution in [1.82, 2.24) is 4.98 Å². The van der Waals surface area contributed by atoms with Crippen LogP contribution in [-0.4, -0.2) is 17.6 Å². The monoisotopic (exact) mass is 403 g/mol. The van der Waals surface area contributed by atoms with E-state index in [9.17, 15) is 13.6 Å². The largest absolute Gasteiger partial charge is 0.462 e. The summed E-state index contributed by atoms with van der Waals surface area (Å²) in [5.74, 6) is -2.13. The second-order valence-corrected chi connectivity index (χ2v) is 6.94. The molecule has 3 aromatic rings. The first-order chi connectivity index (χ1) is 13.5. The molecule has 3 rings (SSSR count). The number of esters is 1. The van der Waals surface area contributed by atoms with Gasteiger partial charge in [-0.15, -0.1) is 11.3 Å². The highest BCUT2D eigenvalue weighted by Gasteiger charge is 2.18. The van der Waals surface area contributed by atoms with Gasteiger partial charge in [-0.25, -0.2) is 18.6 Å². The maximum absolute atomic E-state index is 13.5. The highest BCUT2D eigenvalue weighted by Crippen LogP contribution is 2.26. The van der Waals surface area contributed by atoms with Crippen molar-refractivity contribution in [1.29, 1.82) is 0 Å². The Morgan fingerprint density at radius 1 is 1.07 bits per heavy atom. The lowest BCUT2D eigenvalue weighted by Crippen LogP contribution is -2.06. The molecule has 0 spiro atoms. The van der Waals surface area contributed by atoms with E-state index in [4.69, 9.17) is 4.74 Å². The zero-order chi connectivity index (χ0) is 20.7. The van der Waals surface area contributed by atoms with Gasteiger partial charge in [-0.3, -0.25) is 0 Å². The molecular formula is C22H23F2NO2S. The van der Waals surface area contributed by atoms with E-state index in [1.165, 1.54) is 23.5 Å². The molecule has 0 bridgehead atoms. The Bertz CT molecular complexity index is 953. The summed E-state index contributed by atoms with van der Waals surface area (Å²) in [6.07, 6.45) is 0.454. The van der Waals surface area contributed by atoms with Gasteiger partial charge in [0.1, 0.15) is 4.88 Å². The van der Waals surface area contributed by atoms with Gasteiger partial charge in [0.05, 0.1) is 17.3 Å². The number of aryl methyl sites for hydroxylation is 1. The Morgan fingerprint density at radius 2 is 1.79 bits per heavy atom. The summed E-state index contributed by atoms with van der Waals surface area (Å²) in [7, 11) is 0. The molecule has 0 aliphatic heterocycles. The molecule has 1 heterocycles. The summed E-state index contributed by atoms with van der Waals surface area (Å²) in [6.45, 7) is 7.91. The van der Waals surface area contributed by atoms with E-state index in [0.717, 1.165) is 22.2 Å². The Kier molecular flexibility index (Phi) is 7.81. The van der Waals surface area contributed by atoms with Crippen molar-refractivity contribution in [2.75, 3.05) is 6.61 Å². The van der Waals surface area contributed by atoms with Gasteiger partial charge in [0.2, 0.25) is 0 Å². The number of halogens is 2. The first kappa shape index (κ1) is 21.7. The maximum atomic E-state index is 13.5. The molecule has 2 aromatic carbocycles. The highest BCUT2D eigenvalue weighted by molar-refractivity contribution is 7.13. The van der Waals surface area contributed by atoms with Gasteiger partial charge in [-0.05, 0) is 42.7 Å². The number of nitrogens with zero attached hydrogens (tertiary/aromatic N) is 1. The molecule has 0 radical (unpaired) electrons. The zero-order valence-corrected chi connectivity index (χ0v) is 17.2. The lowest BCUT2D eigenvalue weighted by Gasteiger charge is -2.07. The van der Waals surface area contributed by atoms with Crippen LogP contribution >= 0.6 is 11.3 Å². The molecule has 0 atom stereocenters. The van der Waals surface area contributed by atoms with Crippen molar-refractivity contribution in [3.05, 3.63) is 75.2 Å². The summed E-state index contributed by atoms with van der Waals surface area (Å²) < 4.78 is 31.7. The minimum Gasteiger partial charge on any atom is -0.462 e. The van der Waals surface area contributed by atoms with Crippen molar-refractivity contribution in [3.8, 4) is 11.1 Å². The van der Waals surface area contributed by atoms with Gasteiger partial charge < -0.3 is 4.74 Å².